The third-order valence-electron chi connectivity index (χ3n) is 2.37. The van der Waals surface area contributed by atoms with Crippen molar-refractivity contribution in [3.8, 4) is 0 Å². The Morgan fingerprint density at radius 1 is 1.37 bits per heavy atom. The van der Waals surface area contributed by atoms with Gasteiger partial charge in [0.2, 0.25) is 0 Å². The molecule has 1 aromatic heterocycles. The minimum absolute atomic E-state index is 0.204. The molecule has 0 aliphatic heterocycles. The minimum Gasteiger partial charge on any atom is -0.478 e. The molecule has 6 heteroatoms. The number of carboxylic acids is 1. The Kier molecular flexibility index (Phi) is 4.55. The highest BCUT2D eigenvalue weighted by atomic mass is 79.9. The molecule has 2 rings (SSSR count). The second kappa shape index (κ2) is 6.16. The van der Waals surface area contributed by atoms with Crippen molar-refractivity contribution in [2.24, 2.45) is 0 Å². The Bertz CT molecular complexity index is 621. The number of thioether (sulfide) groups is 1. The topological polar surface area (TPSA) is 50.2 Å². The van der Waals surface area contributed by atoms with Gasteiger partial charge in [-0.2, -0.15) is 0 Å². The summed E-state index contributed by atoms with van der Waals surface area (Å²) in [4.78, 5) is 14.9. The maximum atomic E-state index is 12.9. The second-order valence-corrected chi connectivity index (χ2v) is 5.56. The van der Waals surface area contributed by atoms with Gasteiger partial charge in [-0.05, 0) is 29.8 Å². The summed E-state index contributed by atoms with van der Waals surface area (Å²) in [5.74, 6) is -0.699. The van der Waals surface area contributed by atoms with Crippen molar-refractivity contribution in [2.45, 2.75) is 10.8 Å². The molecule has 0 spiro atoms. The third-order valence-corrected chi connectivity index (χ3v) is 4.09. The number of nitrogens with zero attached hydrogens (tertiary/aromatic N) is 1. The Balaban J connectivity index is 2.10. The van der Waals surface area contributed by atoms with Gasteiger partial charge < -0.3 is 5.11 Å². The van der Waals surface area contributed by atoms with E-state index in [2.05, 4.69) is 20.9 Å². The highest BCUT2D eigenvalue weighted by molar-refractivity contribution is 9.10. The van der Waals surface area contributed by atoms with E-state index in [4.69, 9.17) is 5.11 Å². The van der Waals surface area contributed by atoms with Crippen molar-refractivity contribution in [1.29, 1.82) is 0 Å². The number of carboxylic acid groups (broad SMARTS) is 1. The van der Waals surface area contributed by atoms with Gasteiger partial charge in [0.15, 0.2) is 0 Å². The third kappa shape index (κ3) is 3.78. The van der Waals surface area contributed by atoms with Crippen LogP contribution < -0.4 is 0 Å². The Labute approximate surface area is 122 Å². The van der Waals surface area contributed by atoms with Crippen LogP contribution in [0, 0.1) is 5.82 Å². The average molecular weight is 342 g/mol. The fourth-order valence-corrected chi connectivity index (χ4v) is 2.99. The zero-order chi connectivity index (χ0) is 13.8. The maximum Gasteiger partial charge on any atom is 0.335 e. The summed E-state index contributed by atoms with van der Waals surface area (Å²) in [5, 5.41) is 9.50. The molecule has 0 aliphatic rings. The van der Waals surface area contributed by atoms with Crippen LogP contribution in [0.2, 0.25) is 0 Å². The molecule has 0 unspecified atom stereocenters. The summed E-state index contributed by atoms with van der Waals surface area (Å²) < 4.78 is 13.6. The quantitative estimate of drug-likeness (QED) is 0.854. The Morgan fingerprint density at radius 3 is 2.84 bits per heavy atom. The largest absolute Gasteiger partial charge is 0.478 e. The average Bonchev–Trinajstić information content (AvgIpc) is 2.38. The molecule has 98 valence electrons. The number of halogens is 2. The van der Waals surface area contributed by atoms with Crippen molar-refractivity contribution in [3.63, 3.8) is 0 Å². The molecule has 19 heavy (non-hydrogen) atoms. The molecule has 1 heterocycles. The molecule has 0 radical (unpaired) electrons. The van der Waals surface area contributed by atoms with E-state index in [1.165, 1.54) is 42.2 Å². The lowest BCUT2D eigenvalue weighted by Crippen LogP contribution is -1.96. The summed E-state index contributed by atoms with van der Waals surface area (Å²) in [5.41, 5.74) is 1.13. The first-order valence-corrected chi connectivity index (χ1v) is 7.10. The molecule has 1 N–H and O–H groups in total. The molecule has 0 amide bonds. The molecule has 0 bridgehead atoms. The van der Waals surface area contributed by atoms with E-state index in [1.54, 1.807) is 6.07 Å². The maximum absolute atomic E-state index is 12.9. The Hall–Kier alpha value is -1.40. The fourth-order valence-electron chi connectivity index (χ4n) is 1.41. The molecule has 2 aromatic rings. The number of aromatic carboxylic acids is 1. The molecule has 0 saturated heterocycles. The van der Waals surface area contributed by atoms with Crippen LogP contribution in [0.3, 0.4) is 0 Å². The van der Waals surface area contributed by atoms with Crippen LogP contribution in [0.25, 0.3) is 0 Å². The molecular weight excluding hydrogens is 333 g/mol. The zero-order valence-corrected chi connectivity index (χ0v) is 12.0. The highest BCUT2D eigenvalue weighted by Crippen LogP contribution is 2.26. The van der Waals surface area contributed by atoms with Crippen LogP contribution in [0.4, 0.5) is 4.39 Å². The minimum atomic E-state index is -0.979. The van der Waals surface area contributed by atoms with Gasteiger partial charge in [0.05, 0.1) is 10.6 Å². The number of benzene rings is 1. The van der Waals surface area contributed by atoms with Crippen molar-refractivity contribution >= 4 is 33.7 Å². The van der Waals surface area contributed by atoms with Gasteiger partial charge in [-0.25, -0.2) is 14.2 Å². The smallest absolute Gasteiger partial charge is 0.335 e. The highest BCUT2D eigenvalue weighted by Gasteiger charge is 2.06. The Morgan fingerprint density at radius 2 is 2.16 bits per heavy atom. The first-order valence-electron chi connectivity index (χ1n) is 5.32. The number of pyridine rings is 1. The lowest BCUT2D eigenvalue weighted by molar-refractivity contribution is 0.0696. The summed E-state index contributed by atoms with van der Waals surface area (Å²) >= 11 is 4.69. The molecule has 3 nitrogen and oxygen atoms in total. The number of carbonyl (C=O) groups is 1. The number of rotatable bonds is 4. The van der Waals surface area contributed by atoms with E-state index in [-0.39, 0.29) is 11.4 Å². The lowest BCUT2D eigenvalue weighted by atomic mass is 10.2. The van der Waals surface area contributed by atoms with E-state index in [0.29, 0.717) is 15.3 Å². The van der Waals surface area contributed by atoms with Gasteiger partial charge in [-0.3, -0.25) is 0 Å². The first-order chi connectivity index (χ1) is 9.06. The predicted octanol–water partition coefficient (Wildman–Crippen LogP) is 3.97. The standard InChI is InChI=1S/C13H9BrFNO2S/c14-11-6-10(15)2-1-9(11)7-19-12-5-8(13(17)18)3-4-16-12/h1-6H,7H2,(H,17,18). The van der Waals surface area contributed by atoms with Gasteiger partial charge in [-0.1, -0.05) is 22.0 Å². The van der Waals surface area contributed by atoms with Gasteiger partial charge in [-0.15, -0.1) is 11.8 Å². The van der Waals surface area contributed by atoms with Gasteiger partial charge in [0.1, 0.15) is 5.82 Å². The monoisotopic (exact) mass is 341 g/mol. The predicted molar refractivity (Wildman–Crippen MR) is 74.9 cm³/mol. The normalized spacial score (nSPS) is 10.4. The van der Waals surface area contributed by atoms with E-state index < -0.39 is 5.97 Å². The molecule has 0 saturated carbocycles. The number of aromatic nitrogens is 1. The number of hydrogen-bond donors (Lipinski definition) is 1. The summed E-state index contributed by atoms with van der Waals surface area (Å²) in [6.07, 6.45) is 1.46. The van der Waals surface area contributed by atoms with Crippen molar-refractivity contribution in [3.05, 3.63) is 57.9 Å². The van der Waals surface area contributed by atoms with E-state index in [0.717, 1.165) is 5.56 Å². The molecule has 1 aromatic carbocycles. The molecular formula is C13H9BrFNO2S. The van der Waals surface area contributed by atoms with Crippen LogP contribution >= 0.6 is 27.7 Å². The molecule has 0 aliphatic carbocycles. The van der Waals surface area contributed by atoms with Crippen LogP contribution in [0.5, 0.6) is 0 Å². The van der Waals surface area contributed by atoms with E-state index >= 15 is 0 Å². The summed E-state index contributed by atoms with van der Waals surface area (Å²) in [7, 11) is 0. The van der Waals surface area contributed by atoms with Gasteiger partial charge >= 0.3 is 5.97 Å². The lowest BCUT2D eigenvalue weighted by Gasteiger charge is -2.04. The van der Waals surface area contributed by atoms with Gasteiger partial charge in [0.25, 0.3) is 0 Å². The van der Waals surface area contributed by atoms with Crippen LogP contribution in [-0.2, 0) is 5.75 Å². The molecule has 0 atom stereocenters. The van der Waals surface area contributed by atoms with Crippen LogP contribution in [0.15, 0.2) is 46.0 Å². The van der Waals surface area contributed by atoms with E-state index in [1.807, 2.05) is 0 Å². The van der Waals surface area contributed by atoms with Gasteiger partial charge in [0, 0.05) is 16.4 Å². The second-order valence-electron chi connectivity index (χ2n) is 3.71. The van der Waals surface area contributed by atoms with Crippen molar-refractivity contribution in [2.75, 3.05) is 0 Å². The van der Waals surface area contributed by atoms with Crippen LogP contribution in [0.1, 0.15) is 15.9 Å². The van der Waals surface area contributed by atoms with Crippen molar-refractivity contribution in [1.82, 2.24) is 4.98 Å². The molecule has 0 fully saturated rings. The SMILES string of the molecule is O=C(O)c1ccnc(SCc2ccc(F)cc2Br)c1. The number of hydrogen-bond acceptors (Lipinski definition) is 3. The first kappa shape index (κ1) is 14.0. The van der Waals surface area contributed by atoms with Crippen LogP contribution in [-0.4, -0.2) is 16.1 Å². The summed E-state index contributed by atoms with van der Waals surface area (Å²) in [6, 6.07) is 7.44. The van der Waals surface area contributed by atoms with E-state index in [9.17, 15) is 9.18 Å². The fraction of sp³-hybridized carbons (Fsp3) is 0.0769. The van der Waals surface area contributed by atoms with Crippen molar-refractivity contribution < 1.29 is 14.3 Å². The summed E-state index contributed by atoms with van der Waals surface area (Å²) in [6.45, 7) is 0. The zero-order valence-electron chi connectivity index (χ0n) is 9.64.